The lowest BCUT2D eigenvalue weighted by molar-refractivity contribution is -0.124. The van der Waals surface area contributed by atoms with Crippen molar-refractivity contribution in [1.29, 1.82) is 0 Å². The number of halogens is 2. The molecule has 2 aliphatic heterocycles. The van der Waals surface area contributed by atoms with Gasteiger partial charge >= 0.3 is 0 Å². The molecule has 0 saturated carbocycles. The maximum Gasteiger partial charge on any atom is 0.294 e. The van der Waals surface area contributed by atoms with Gasteiger partial charge in [0.15, 0.2) is 5.82 Å². The van der Waals surface area contributed by atoms with Gasteiger partial charge in [0.05, 0.1) is 0 Å². The van der Waals surface area contributed by atoms with Crippen molar-refractivity contribution in [2.24, 2.45) is 0 Å². The Hall–Kier alpha value is -4.08. The molecule has 2 aromatic heterocycles. The zero-order valence-corrected chi connectivity index (χ0v) is 23.4. The van der Waals surface area contributed by atoms with Gasteiger partial charge in [-0.2, -0.15) is 0 Å². The van der Waals surface area contributed by atoms with Gasteiger partial charge in [0.1, 0.15) is 23.4 Å². The molecule has 6 rings (SSSR count). The summed E-state index contributed by atoms with van der Waals surface area (Å²) in [6.07, 6.45) is 2.85. The van der Waals surface area contributed by atoms with Crippen LogP contribution in [0.25, 0.3) is 0 Å². The van der Waals surface area contributed by atoms with Crippen molar-refractivity contribution in [1.82, 2.24) is 19.9 Å². The smallest absolute Gasteiger partial charge is 0.294 e. The quantitative estimate of drug-likeness (QED) is 0.306. The Bertz CT molecular complexity index is 1560. The maximum absolute atomic E-state index is 13.5. The molecule has 0 bridgehead atoms. The number of carbonyl (C=O) groups excluding carboxylic acids is 1. The number of fused-ring (bicyclic) bond motifs is 3. The topological polar surface area (TPSA) is 124 Å². The molecule has 9 nitrogen and oxygen atoms in total. The summed E-state index contributed by atoms with van der Waals surface area (Å²) in [4.78, 5) is 35.3. The SMILES string of the molecule is Cc1nc(N)ccc1CNC(=O)[C@@H]1CCc2cnc(NCC3c4ccccc4Oc4ccccc43)c(=O)n21.Cl.Cl. The van der Waals surface area contributed by atoms with Crippen LogP contribution in [-0.2, 0) is 17.8 Å². The number of benzene rings is 2. The predicted molar refractivity (Wildman–Crippen MR) is 159 cm³/mol. The van der Waals surface area contributed by atoms with Crippen LogP contribution in [0.5, 0.6) is 11.5 Å². The standard InChI is InChI=1S/C29H28N6O3.2ClH/c1-17-18(10-13-26(30)34-17)14-33-28(36)23-12-11-19-15-31-27(29(37)35(19)23)32-16-22-20-6-2-4-8-24(20)38-25-9-5-3-7-21(22)25;;/h2-10,13,15,22-23H,11-12,14,16H2,1H3,(H2,30,34)(H,31,32)(H,33,36);2*1H/t23-;;/m0../s1. The van der Waals surface area contributed by atoms with Crippen LogP contribution in [-0.4, -0.2) is 27.0 Å². The number of aryl methyl sites for hydroxylation is 2. The summed E-state index contributed by atoms with van der Waals surface area (Å²) in [6, 6.07) is 18.8. The average molecular weight is 582 g/mol. The molecular weight excluding hydrogens is 551 g/mol. The van der Waals surface area contributed by atoms with E-state index in [0.717, 1.165) is 39.6 Å². The monoisotopic (exact) mass is 580 g/mol. The molecule has 40 heavy (non-hydrogen) atoms. The highest BCUT2D eigenvalue weighted by atomic mass is 35.5. The second-order valence-electron chi connectivity index (χ2n) is 9.64. The number of amides is 1. The van der Waals surface area contributed by atoms with E-state index in [2.05, 4.69) is 20.6 Å². The lowest BCUT2D eigenvalue weighted by Crippen LogP contribution is -2.36. The number of anilines is 2. The van der Waals surface area contributed by atoms with E-state index >= 15 is 0 Å². The number of para-hydroxylation sites is 2. The van der Waals surface area contributed by atoms with Crippen LogP contribution in [0.4, 0.5) is 11.6 Å². The molecule has 208 valence electrons. The number of nitrogens with two attached hydrogens (primary N) is 1. The first kappa shape index (κ1) is 28.9. The summed E-state index contributed by atoms with van der Waals surface area (Å²) in [5.74, 6) is 2.06. The summed E-state index contributed by atoms with van der Waals surface area (Å²) >= 11 is 0. The third-order valence-electron chi connectivity index (χ3n) is 7.31. The fourth-order valence-electron chi connectivity index (χ4n) is 5.33. The number of aromatic nitrogens is 3. The van der Waals surface area contributed by atoms with Crippen LogP contribution in [0.1, 0.15) is 46.5 Å². The van der Waals surface area contributed by atoms with Crippen molar-refractivity contribution in [3.05, 3.63) is 105 Å². The first-order chi connectivity index (χ1) is 18.5. The average Bonchev–Trinajstić information content (AvgIpc) is 3.36. The summed E-state index contributed by atoms with van der Waals surface area (Å²) in [5, 5.41) is 6.23. The Morgan fingerprint density at radius 1 is 1.05 bits per heavy atom. The van der Waals surface area contributed by atoms with Crippen LogP contribution < -0.4 is 26.7 Å². The molecule has 1 atom stereocenters. The van der Waals surface area contributed by atoms with Crippen LogP contribution in [0.15, 0.2) is 71.7 Å². The minimum Gasteiger partial charge on any atom is -0.457 e. The van der Waals surface area contributed by atoms with Gasteiger partial charge in [0.2, 0.25) is 5.91 Å². The number of rotatable bonds is 6. The third kappa shape index (κ3) is 5.35. The third-order valence-corrected chi connectivity index (χ3v) is 7.31. The van der Waals surface area contributed by atoms with E-state index < -0.39 is 6.04 Å². The minimum absolute atomic E-state index is 0. The van der Waals surface area contributed by atoms with E-state index in [-0.39, 0.29) is 48.0 Å². The van der Waals surface area contributed by atoms with E-state index in [9.17, 15) is 9.59 Å². The van der Waals surface area contributed by atoms with Crippen LogP contribution in [0.2, 0.25) is 0 Å². The Morgan fingerprint density at radius 2 is 1.73 bits per heavy atom. The predicted octanol–water partition coefficient (Wildman–Crippen LogP) is 4.53. The minimum atomic E-state index is -0.590. The van der Waals surface area contributed by atoms with Gasteiger partial charge in [0.25, 0.3) is 5.56 Å². The summed E-state index contributed by atoms with van der Waals surface area (Å²) in [7, 11) is 0. The van der Waals surface area contributed by atoms with Gasteiger partial charge in [-0.15, -0.1) is 24.8 Å². The summed E-state index contributed by atoms with van der Waals surface area (Å²) in [5.41, 5.74) is 9.94. The van der Waals surface area contributed by atoms with Gasteiger partial charge in [0, 0.05) is 47.7 Å². The second kappa shape index (κ2) is 12.0. The molecule has 11 heteroatoms. The van der Waals surface area contributed by atoms with E-state index in [4.69, 9.17) is 10.5 Å². The molecule has 0 spiro atoms. The Balaban J connectivity index is 0.00000185. The normalized spacial score (nSPS) is 14.9. The molecule has 2 aromatic carbocycles. The summed E-state index contributed by atoms with van der Waals surface area (Å²) in [6.45, 7) is 2.63. The molecule has 0 unspecified atom stereocenters. The van der Waals surface area contributed by atoms with Crippen molar-refractivity contribution in [2.75, 3.05) is 17.6 Å². The van der Waals surface area contributed by atoms with Crippen molar-refractivity contribution in [3.63, 3.8) is 0 Å². The molecule has 4 heterocycles. The van der Waals surface area contributed by atoms with Crippen LogP contribution in [0, 0.1) is 6.92 Å². The summed E-state index contributed by atoms with van der Waals surface area (Å²) < 4.78 is 7.66. The largest absolute Gasteiger partial charge is 0.457 e. The molecule has 0 fully saturated rings. The number of nitrogens with one attached hydrogen (secondary N) is 2. The van der Waals surface area contributed by atoms with E-state index in [1.54, 1.807) is 16.8 Å². The number of nitrogen functional groups attached to an aromatic ring is 1. The molecule has 4 aromatic rings. The van der Waals surface area contributed by atoms with Crippen LogP contribution in [0.3, 0.4) is 0 Å². The van der Waals surface area contributed by atoms with E-state index in [1.165, 1.54) is 0 Å². The number of nitrogens with zero attached hydrogens (tertiary/aromatic N) is 3. The van der Waals surface area contributed by atoms with Crippen molar-refractivity contribution >= 4 is 42.4 Å². The molecule has 0 saturated heterocycles. The molecular formula is C29H30Cl2N6O3. The Labute approximate surface area is 244 Å². The van der Waals surface area contributed by atoms with Gasteiger partial charge in [-0.1, -0.05) is 42.5 Å². The zero-order valence-electron chi connectivity index (χ0n) is 21.8. The first-order valence-electron chi connectivity index (χ1n) is 12.7. The van der Waals surface area contributed by atoms with Gasteiger partial charge in [-0.3, -0.25) is 14.2 Å². The molecule has 0 aliphatic carbocycles. The molecule has 2 aliphatic rings. The first-order valence-corrected chi connectivity index (χ1v) is 12.7. The van der Waals surface area contributed by atoms with Crippen molar-refractivity contribution in [3.8, 4) is 11.5 Å². The number of ether oxygens (including phenoxy) is 1. The number of hydrogen-bond donors (Lipinski definition) is 3. The number of pyridine rings is 1. The number of carbonyl (C=O) groups is 1. The molecule has 4 N–H and O–H groups in total. The second-order valence-corrected chi connectivity index (χ2v) is 9.64. The van der Waals surface area contributed by atoms with Gasteiger partial charge in [-0.05, 0) is 43.5 Å². The highest BCUT2D eigenvalue weighted by molar-refractivity contribution is 5.85. The van der Waals surface area contributed by atoms with Crippen molar-refractivity contribution in [2.45, 2.75) is 38.3 Å². The van der Waals surface area contributed by atoms with Gasteiger partial charge in [-0.25, -0.2) is 9.97 Å². The maximum atomic E-state index is 13.5. The van der Waals surface area contributed by atoms with E-state index in [0.29, 0.717) is 31.7 Å². The highest BCUT2D eigenvalue weighted by Crippen LogP contribution is 2.43. The highest BCUT2D eigenvalue weighted by Gasteiger charge is 2.31. The lowest BCUT2D eigenvalue weighted by Gasteiger charge is -2.28. The van der Waals surface area contributed by atoms with Crippen molar-refractivity contribution < 1.29 is 9.53 Å². The Kier molecular flexibility index (Phi) is 8.66. The van der Waals surface area contributed by atoms with E-state index in [1.807, 2.05) is 61.5 Å². The Morgan fingerprint density at radius 3 is 2.40 bits per heavy atom. The lowest BCUT2D eigenvalue weighted by atomic mass is 9.88. The number of hydrogen-bond acceptors (Lipinski definition) is 7. The van der Waals surface area contributed by atoms with Crippen LogP contribution >= 0.6 is 24.8 Å². The molecule has 0 radical (unpaired) electrons. The van der Waals surface area contributed by atoms with Gasteiger partial charge < -0.3 is 21.1 Å². The zero-order chi connectivity index (χ0) is 26.2. The fraction of sp³-hybridized carbons (Fsp3) is 0.241. The fourth-order valence-corrected chi connectivity index (χ4v) is 5.33. The molecule has 1 amide bonds.